The molecular formula is C28H30F3N5O4. The summed E-state index contributed by atoms with van der Waals surface area (Å²) in [6.45, 7) is 3.98. The lowest BCUT2D eigenvalue weighted by Crippen LogP contribution is -2.54. The van der Waals surface area contributed by atoms with E-state index in [0.717, 1.165) is 29.8 Å². The highest BCUT2D eigenvalue weighted by atomic mass is 19.1. The molecule has 2 heterocycles. The number of benzene rings is 1. The predicted octanol–water partition coefficient (Wildman–Crippen LogP) is 4.83. The second-order valence-electron chi connectivity index (χ2n) is 9.80. The highest BCUT2D eigenvalue weighted by Gasteiger charge is 2.36. The fourth-order valence-electron chi connectivity index (χ4n) is 5.19. The molecule has 0 spiro atoms. The van der Waals surface area contributed by atoms with Gasteiger partial charge in [0.2, 0.25) is 0 Å². The fraction of sp³-hybridized carbons (Fsp3) is 0.357. The van der Waals surface area contributed by atoms with E-state index in [1.54, 1.807) is 19.2 Å². The van der Waals surface area contributed by atoms with Crippen LogP contribution < -0.4 is 16.4 Å². The maximum Gasteiger partial charge on any atom is 0.404 e. The Labute approximate surface area is 229 Å². The van der Waals surface area contributed by atoms with E-state index in [2.05, 4.69) is 20.6 Å². The molecule has 1 saturated carbocycles. The van der Waals surface area contributed by atoms with Crippen LogP contribution in [0.2, 0.25) is 0 Å². The van der Waals surface area contributed by atoms with Crippen LogP contribution in [-0.4, -0.2) is 45.8 Å². The molecule has 1 aromatic carbocycles. The molecule has 4 atom stereocenters. The second-order valence-corrected chi connectivity index (χ2v) is 9.80. The standard InChI is InChI=1S/C28H30F3N5O4/c1-3-40-13-15-9-19(30)24(20(31)10-15)26-18(29)4-5-22(34-26)27(37)35-23-12-33-7-6-17(23)16-8-14(2)25(21(32)11-16)36-28(38)39/h4-7,9-10,12,14,16,21,25,36H,3,8,11,13,32H2,1-2H3,(H,35,37)(H,38,39)/t14-,16+,21+,25-/m0/s1. The fourth-order valence-corrected chi connectivity index (χ4v) is 5.19. The number of aromatic nitrogens is 2. The number of carboxylic acid groups (broad SMARTS) is 1. The Kier molecular flexibility index (Phi) is 9.00. The topological polar surface area (TPSA) is 139 Å². The lowest BCUT2D eigenvalue weighted by atomic mass is 9.73. The Balaban J connectivity index is 1.58. The summed E-state index contributed by atoms with van der Waals surface area (Å²) in [6, 6.07) is 4.99. The number of hydrogen-bond acceptors (Lipinski definition) is 6. The van der Waals surface area contributed by atoms with Crippen molar-refractivity contribution >= 4 is 17.7 Å². The van der Waals surface area contributed by atoms with Crippen molar-refractivity contribution in [3.05, 3.63) is 77.0 Å². The number of carbonyl (C=O) groups is 2. The molecule has 2 amide bonds. The summed E-state index contributed by atoms with van der Waals surface area (Å²) in [7, 11) is 0. The third kappa shape index (κ3) is 6.40. The maximum absolute atomic E-state index is 14.8. The third-order valence-electron chi connectivity index (χ3n) is 7.01. The predicted molar refractivity (Wildman–Crippen MR) is 141 cm³/mol. The first-order valence-corrected chi connectivity index (χ1v) is 12.8. The van der Waals surface area contributed by atoms with Crippen LogP contribution in [0.3, 0.4) is 0 Å². The number of carbonyl (C=O) groups excluding carboxylic acids is 1. The second kappa shape index (κ2) is 12.4. The number of nitrogens with two attached hydrogens (primary N) is 1. The summed E-state index contributed by atoms with van der Waals surface area (Å²) in [5, 5.41) is 14.3. The van der Waals surface area contributed by atoms with Gasteiger partial charge in [0.15, 0.2) is 0 Å². The molecule has 0 radical (unpaired) electrons. The van der Waals surface area contributed by atoms with E-state index in [4.69, 9.17) is 15.6 Å². The van der Waals surface area contributed by atoms with Crippen molar-refractivity contribution in [1.82, 2.24) is 15.3 Å². The molecule has 40 heavy (non-hydrogen) atoms. The lowest BCUT2D eigenvalue weighted by Gasteiger charge is -2.39. The van der Waals surface area contributed by atoms with Gasteiger partial charge in [0, 0.05) is 24.9 Å². The maximum atomic E-state index is 14.8. The Morgan fingerprint density at radius 3 is 2.50 bits per heavy atom. The van der Waals surface area contributed by atoms with Crippen LogP contribution in [-0.2, 0) is 11.3 Å². The SMILES string of the molecule is CCOCc1cc(F)c(-c2nc(C(=O)Nc3cnccc3[C@H]3C[C@@H](N)[C@@H](NC(=O)O)[C@@H](C)C3)ccc2F)c(F)c1. The van der Waals surface area contributed by atoms with E-state index >= 15 is 0 Å². The Bertz CT molecular complexity index is 1370. The van der Waals surface area contributed by atoms with Crippen LogP contribution in [0.1, 0.15) is 54.2 Å². The Morgan fingerprint density at radius 1 is 1.12 bits per heavy atom. The van der Waals surface area contributed by atoms with Gasteiger partial charge in [-0.05, 0) is 73.1 Å². The zero-order valence-corrected chi connectivity index (χ0v) is 22.0. The minimum Gasteiger partial charge on any atom is -0.465 e. The van der Waals surface area contributed by atoms with Crippen LogP contribution in [0.15, 0.2) is 42.7 Å². The number of hydrogen-bond donors (Lipinski definition) is 4. The molecule has 5 N–H and O–H groups in total. The first kappa shape index (κ1) is 29.0. The van der Waals surface area contributed by atoms with Crippen LogP contribution >= 0.6 is 0 Å². The largest absolute Gasteiger partial charge is 0.465 e. The van der Waals surface area contributed by atoms with Crippen molar-refractivity contribution in [2.24, 2.45) is 11.7 Å². The third-order valence-corrected chi connectivity index (χ3v) is 7.01. The van der Waals surface area contributed by atoms with E-state index in [1.807, 2.05) is 6.92 Å². The smallest absolute Gasteiger partial charge is 0.404 e. The number of anilines is 1. The van der Waals surface area contributed by atoms with Gasteiger partial charge in [0.25, 0.3) is 5.91 Å². The Hall–Kier alpha value is -4.03. The molecule has 3 aromatic rings. The van der Waals surface area contributed by atoms with E-state index in [1.165, 1.54) is 6.20 Å². The number of nitrogens with one attached hydrogen (secondary N) is 2. The molecule has 12 heteroatoms. The normalized spacial score (nSPS) is 20.6. The molecule has 9 nitrogen and oxygen atoms in total. The molecule has 0 saturated heterocycles. The Morgan fingerprint density at radius 2 is 1.85 bits per heavy atom. The molecule has 0 bridgehead atoms. The van der Waals surface area contributed by atoms with Crippen molar-refractivity contribution in [2.45, 2.75) is 51.3 Å². The van der Waals surface area contributed by atoms with Crippen molar-refractivity contribution in [3.8, 4) is 11.3 Å². The molecule has 0 aliphatic heterocycles. The van der Waals surface area contributed by atoms with Crippen LogP contribution in [0.4, 0.5) is 23.7 Å². The molecule has 1 aliphatic rings. The number of rotatable bonds is 8. The highest BCUT2D eigenvalue weighted by Crippen LogP contribution is 2.39. The van der Waals surface area contributed by atoms with Gasteiger partial charge in [-0.15, -0.1) is 0 Å². The number of pyridine rings is 2. The first-order chi connectivity index (χ1) is 19.1. The van der Waals surface area contributed by atoms with Gasteiger partial charge in [0.05, 0.1) is 24.1 Å². The van der Waals surface area contributed by atoms with Crippen molar-refractivity contribution < 1.29 is 32.6 Å². The summed E-state index contributed by atoms with van der Waals surface area (Å²) in [4.78, 5) is 32.3. The lowest BCUT2D eigenvalue weighted by molar-refractivity contribution is 0.102. The van der Waals surface area contributed by atoms with Gasteiger partial charge in [-0.3, -0.25) is 9.78 Å². The molecular weight excluding hydrogens is 527 g/mol. The highest BCUT2D eigenvalue weighted by molar-refractivity contribution is 6.03. The molecule has 2 aromatic heterocycles. The quantitative estimate of drug-likeness (QED) is 0.311. The summed E-state index contributed by atoms with van der Waals surface area (Å²) in [6.07, 6.45) is 2.93. The minimum atomic E-state index is -1.14. The van der Waals surface area contributed by atoms with Crippen LogP contribution in [0.5, 0.6) is 0 Å². The summed E-state index contributed by atoms with van der Waals surface area (Å²) >= 11 is 0. The van der Waals surface area contributed by atoms with Gasteiger partial charge in [-0.1, -0.05) is 6.92 Å². The van der Waals surface area contributed by atoms with Gasteiger partial charge in [-0.2, -0.15) is 0 Å². The number of ether oxygens (including phenoxy) is 1. The van der Waals surface area contributed by atoms with Crippen molar-refractivity contribution in [2.75, 3.05) is 11.9 Å². The van der Waals surface area contributed by atoms with E-state index in [-0.39, 0.29) is 29.7 Å². The monoisotopic (exact) mass is 557 g/mol. The summed E-state index contributed by atoms with van der Waals surface area (Å²) < 4.78 is 49.6. The molecule has 1 fully saturated rings. The average molecular weight is 558 g/mol. The number of amides is 2. The van der Waals surface area contributed by atoms with Crippen molar-refractivity contribution in [1.29, 1.82) is 0 Å². The summed E-state index contributed by atoms with van der Waals surface area (Å²) in [5.74, 6) is -3.98. The van der Waals surface area contributed by atoms with Gasteiger partial charge in [0.1, 0.15) is 28.8 Å². The van der Waals surface area contributed by atoms with E-state index in [9.17, 15) is 22.8 Å². The zero-order valence-electron chi connectivity index (χ0n) is 22.0. The molecule has 4 rings (SSSR count). The molecule has 1 aliphatic carbocycles. The van der Waals surface area contributed by atoms with Gasteiger partial charge in [-0.25, -0.2) is 22.9 Å². The number of nitrogens with zero attached hydrogens (tertiary/aromatic N) is 2. The zero-order chi connectivity index (χ0) is 29.0. The van der Waals surface area contributed by atoms with Gasteiger partial charge < -0.3 is 26.2 Å². The minimum absolute atomic E-state index is 0.0160. The molecule has 212 valence electrons. The van der Waals surface area contributed by atoms with Crippen LogP contribution in [0, 0.1) is 23.4 Å². The number of halogens is 3. The van der Waals surface area contributed by atoms with E-state index < -0.39 is 52.8 Å². The summed E-state index contributed by atoms with van der Waals surface area (Å²) in [5.41, 5.74) is 6.04. The molecule has 0 unspecified atom stereocenters. The first-order valence-electron chi connectivity index (χ1n) is 12.8. The average Bonchev–Trinajstić information content (AvgIpc) is 2.90. The van der Waals surface area contributed by atoms with Crippen molar-refractivity contribution in [3.63, 3.8) is 0 Å². The van der Waals surface area contributed by atoms with E-state index in [0.29, 0.717) is 25.1 Å². The van der Waals surface area contributed by atoms with Crippen LogP contribution in [0.25, 0.3) is 11.3 Å². The van der Waals surface area contributed by atoms with Gasteiger partial charge >= 0.3 is 6.09 Å².